The molecule has 1 aromatic rings. The van der Waals surface area contributed by atoms with Gasteiger partial charge in [-0.15, -0.1) is 0 Å². The third-order valence-electron chi connectivity index (χ3n) is 3.95. The van der Waals surface area contributed by atoms with Gasteiger partial charge in [-0.1, -0.05) is 32.4 Å². The van der Waals surface area contributed by atoms with Crippen molar-refractivity contribution in [2.45, 2.75) is 45.1 Å². The van der Waals surface area contributed by atoms with Crippen LogP contribution in [0.2, 0.25) is 5.15 Å². The second kappa shape index (κ2) is 5.86. The summed E-state index contributed by atoms with van der Waals surface area (Å²) in [6, 6.07) is 2.40. The van der Waals surface area contributed by atoms with Crippen molar-refractivity contribution in [3.8, 4) is 0 Å². The number of aromatic nitrogens is 2. The Balaban J connectivity index is 2.21. The van der Waals surface area contributed by atoms with E-state index in [1.54, 1.807) is 0 Å². The maximum absolute atomic E-state index is 6.18. The molecule has 0 bridgehead atoms. The van der Waals surface area contributed by atoms with E-state index >= 15 is 0 Å². The monoisotopic (exact) mass is 296 g/mol. The van der Waals surface area contributed by atoms with E-state index < -0.39 is 0 Å². The van der Waals surface area contributed by atoms with Crippen LogP contribution in [0.15, 0.2) is 6.07 Å². The van der Waals surface area contributed by atoms with Crippen molar-refractivity contribution in [2.24, 2.45) is 0 Å². The molecule has 0 N–H and O–H groups in total. The summed E-state index contributed by atoms with van der Waals surface area (Å²) in [5.74, 6) is 1.74. The fourth-order valence-corrected chi connectivity index (χ4v) is 2.67. The smallest absolute Gasteiger partial charge is 0.137 e. The molecular weight excluding hydrogens is 272 g/mol. The summed E-state index contributed by atoms with van der Waals surface area (Å²) >= 11 is 6.18. The van der Waals surface area contributed by atoms with Gasteiger partial charge in [0.25, 0.3) is 0 Å². The van der Waals surface area contributed by atoms with Gasteiger partial charge in [0, 0.05) is 24.6 Å². The molecule has 1 aromatic heterocycles. The van der Waals surface area contributed by atoms with E-state index in [2.05, 4.69) is 49.7 Å². The zero-order valence-electron chi connectivity index (χ0n) is 13.1. The number of halogens is 1. The fourth-order valence-electron chi connectivity index (χ4n) is 2.49. The van der Waals surface area contributed by atoms with Gasteiger partial charge in [0.05, 0.1) is 0 Å². The summed E-state index contributed by atoms with van der Waals surface area (Å²) < 4.78 is 0. The average molecular weight is 297 g/mol. The Bertz CT molecular complexity index is 461. The lowest BCUT2D eigenvalue weighted by Gasteiger charge is -2.36. The van der Waals surface area contributed by atoms with Crippen LogP contribution in [-0.4, -0.2) is 48.1 Å². The zero-order valence-corrected chi connectivity index (χ0v) is 13.9. The van der Waals surface area contributed by atoms with E-state index in [-0.39, 0.29) is 5.41 Å². The van der Waals surface area contributed by atoms with Crippen molar-refractivity contribution in [1.29, 1.82) is 0 Å². The van der Waals surface area contributed by atoms with E-state index in [9.17, 15) is 0 Å². The summed E-state index contributed by atoms with van der Waals surface area (Å²) in [6.07, 6.45) is 2.33. The van der Waals surface area contributed by atoms with Crippen LogP contribution in [0, 0.1) is 0 Å². The molecule has 20 heavy (non-hydrogen) atoms. The first-order chi connectivity index (χ1) is 9.27. The molecule has 1 fully saturated rings. The SMILES string of the molecule is CN1CCC(N(C)c2cc(Cl)nc(C(C)(C)C)n2)CC1. The summed E-state index contributed by atoms with van der Waals surface area (Å²) in [4.78, 5) is 13.7. The molecule has 1 aliphatic rings. The van der Waals surface area contributed by atoms with Gasteiger partial charge in [-0.3, -0.25) is 0 Å². The van der Waals surface area contributed by atoms with E-state index in [0.29, 0.717) is 11.2 Å². The highest BCUT2D eigenvalue weighted by atomic mass is 35.5. The van der Waals surface area contributed by atoms with Crippen LogP contribution in [-0.2, 0) is 5.41 Å². The Morgan fingerprint density at radius 2 is 1.85 bits per heavy atom. The van der Waals surface area contributed by atoms with E-state index in [0.717, 1.165) is 24.7 Å². The van der Waals surface area contributed by atoms with E-state index in [1.807, 2.05) is 6.07 Å². The van der Waals surface area contributed by atoms with Crippen molar-refractivity contribution < 1.29 is 0 Å². The predicted molar refractivity (Wildman–Crippen MR) is 84.7 cm³/mol. The summed E-state index contributed by atoms with van der Waals surface area (Å²) in [7, 11) is 4.29. The molecule has 2 rings (SSSR count). The van der Waals surface area contributed by atoms with Crippen LogP contribution in [0.5, 0.6) is 0 Å². The summed E-state index contributed by atoms with van der Waals surface area (Å²) in [6.45, 7) is 8.61. The van der Waals surface area contributed by atoms with Crippen molar-refractivity contribution in [3.63, 3.8) is 0 Å². The minimum atomic E-state index is -0.0900. The van der Waals surface area contributed by atoms with Crippen LogP contribution < -0.4 is 4.90 Å². The maximum Gasteiger partial charge on any atom is 0.137 e. The molecule has 0 radical (unpaired) electrons. The molecule has 0 aromatic carbocycles. The quantitative estimate of drug-likeness (QED) is 0.786. The van der Waals surface area contributed by atoms with Gasteiger partial charge in [0.2, 0.25) is 0 Å². The molecule has 0 atom stereocenters. The zero-order chi connectivity index (χ0) is 14.9. The van der Waals surface area contributed by atoms with Gasteiger partial charge in [-0.2, -0.15) is 0 Å². The Hall–Kier alpha value is -0.870. The van der Waals surface area contributed by atoms with Crippen LogP contribution in [0.3, 0.4) is 0 Å². The Labute approximate surface area is 127 Å². The molecule has 1 aliphatic heterocycles. The minimum Gasteiger partial charge on any atom is -0.356 e. The predicted octanol–water partition coefficient (Wildman–Crippen LogP) is 2.96. The number of likely N-dealkylation sites (tertiary alicyclic amines) is 1. The van der Waals surface area contributed by atoms with Crippen molar-refractivity contribution in [3.05, 3.63) is 17.0 Å². The third-order valence-corrected chi connectivity index (χ3v) is 4.14. The maximum atomic E-state index is 6.18. The standard InChI is InChI=1S/C15H25ClN4/c1-15(2,3)14-17-12(16)10-13(18-14)20(5)11-6-8-19(4)9-7-11/h10-11H,6-9H2,1-5H3. The highest BCUT2D eigenvalue weighted by molar-refractivity contribution is 6.29. The molecule has 0 spiro atoms. The lowest BCUT2D eigenvalue weighted by Crippen LogP contribution is -2.42. The fraction of sp³-hybridized carbons (Fsp3) is 0.733. The van der Waals surface area contributed by atoms with Crippen molar-refractivity contribution >= 4 is 17.4 Å². The summed E-state index contributed by atoms with van der Waals surface area (Å²) in [5.41, 5.74) is -0.0900. The molecule has 0 aliphatic carbocycles. The van der Waals surface area contributed by atoms with Gasteiger partial charge in [0.15, 0.2) is 0 Å². The number of hydrogen-bond acceptors (Lipinski definition) is 4. The van der Waals surface area contributed by atoms with E-state index in [4.69, 9.17) is 16.6 Å². The van der Waals surface area contributed by atoms with Crippen LogP contribution in [0.1, 0.15) is 39.4 Å². The van der Waals surface area contributed by atoms with Gasteiger partial charge >= 0.3 is 0 Å². The Morgan fingerprint density at radius 3 is 2.40 bits per heavy atom. The van der Waals surface area contributed by atoms with Crippen LogP contribution in [0.4, 0.5) is 5.82 Å². The third kappa shape index (κ3) is 3.61. The second-order valence-corrected chi connectivity index (χ2v) is 7.16. The number of nitrogens with zero attached hydrogens (tertiary/aromatic N) is 4. The average Bonchev–Trinajstić information content (AvgIpc) is 2.37. The number of hydrogen-bond donors (Lipinski definition) is 0. The highest BCUT2D eigenvalue weighted by Crippen LogP contribution is 2.26. The Kier molecular flexibility index (Phi) is 4.55. The highest BCUT2D eigenvalue weighted by Gasteiger charge is 2.24. The molecule has 5 heteroatoms. The Morgan fingerprint density at radius 1 is 1.25 bits per heavy atom. The summed E-state index contributed by atoms with van der Waals surface area (Å²) in [5, 5.41) is 0.528. The van der Waals surface area contributed by atoms with Crippen molar-refractivity contribution in [2.75, 3.05) is 32.1 Å². The first-order valence-corrected chi connectivity index (χ1v) is 7.61. The number of anilines is 1. The van der Waals surface area contributed by atoms with Gasteiger partial charge in [0.1, 0.15) is 16.8 Å². The first kappa shape index (κ1) is 15.5. The van der Waals surface area contributed by atoms with E-state index in [1.165, 1.54) is 12.8 Å². The van der Waals surface area contributed by atoms with Crippen LogP contribution >= 0.6 is 11.6 Å². The normalized spacial score (nSPS) is 18.3. The molecule has 4 nitrogen and oxygen atoms in total. The molecule has 0 unspecified atom stereocenters. The second-order valence-electron chi connectivity index (χ2n) is 6.77. The largest absolute Gasteiger partial charge is 0.356 e. The van der Waals surface area contributed by atoms with Crippen molar-refractivity contribution in [1.82, 2.24) is 14.9 Å². The molecule has 0 amide bonds. The van der Waals surface area contributed by atoms with Gasteiger partial charge < -0.3 is 9.80 Å². The first-order valence-electron chi connectivity index (χ1n) is 7.24. The van der Waals surface area contributed by atoms with Gasteiger partial charge in [-0.25, -0.2) is 9.97 Å². The van der Waals surface area contributed by atoms with Gasteiger partial charge in [-0.05, 0) is 33.0 Å². The van der Waals surface area contributed by atoms with Crippen LogP contribution in [0.25, 0.3) is 0 Å². The molecule has 1 saturated heterocycles. The number of rotatable bonds is 2. The molecule has 112 valence electrons. The molecule has 0 saturated carbocycles. The molecule has 2 heterocycles. The number of piperidine rings is 1. The lowest BCUT2D eigenvalue weighted by molar-refractivity contribution is 0.252. The molecular formula is C15H25ClN4. The topological polar surface area (TPSA) is 32.3 Å². The minimum absolute atomic E-state index is 0.0900. The lowest BCUT2D eigenvalue weighted by atomic mass is 9.96.